The molecular formula is C33H30N4O11S. The number of nitrogens with one attached hydrogen (secondary N) is 2. The number of phenols is 2. The topological polar surface area (TPSA) is 241 Å². The van der Waals surface area contributed by atoms with Gasteiger partial charge in [-0.3, -0.25) is 9.59 Å². The number of aliphatic hydroxyl groups excluding tert-OH is 6. The number of benzene rings is 3. The Hall–Kier alpha value is -4.62. The molecule has 49 heavy (non-hydrogen) atoms. The summed E-state index contributed by atoms with van der Waals surface area (Å²) in [4.78, 5) is 33.1. The Labute approximate surface area is 279 Å². The predicted octanol–water partition coefficient (Wildman–Crippen LogP) is 1.16. The highest BCUT2D eigenvalue weighted by molar-refractivity contribution is 7.12. The molecule has 254 valence electrons. The van der Waals surface area contributed by atoms with Gasteiger partial charge in [-0.1, -0.05) is 0 Å². The zero-order chi connectivity index (χ0) is 34.5. The van der Waals surface area contributed by atoms with Crippen molar-refractivity contribution in [2.75, 3.05) is 6.61 Å². The number of phenolic OH excluding ortho intramolecular Hbond substituents is 2. The van der Waals surface area contributed by atoms with E-state index in [2.05, 4.69) is 10.4 Å². The summed E-state index contributed by atoms with van der Waals surface area (Å²) < 4.78 is 7.44. The number of ether oxygens (including phenoxy) is 1. The molecule has 5 atom stereocenters. The van der Waals surface area contributed by atoms with Gasteiger partial charge >= 0.3 is 0 Å². The zero-order valence-corrected chi connectivity index (χ0v) is 26.2. The number of hydrazine groups is 1. The van der Waals surface area contributed by atoms with Crippen LogP contribution in [0, 0.1) is 0 Å². The molecule has 16 heteroatoms. The van der Waals surface area contributed by atoms with Crippen LogP contribution in [0.25, 0.3) is 43.6 Å². The highest BCUT2D eigenvalue weighted by Crippen LogP contribution is 2.48. The number of aliphatic hydroxyl groups is 6. The molecule has 0 saturated carbocycles. The second-order valence-corrected chi connectivity index (χ2v) is 13.3. The second-order valence-electron chi connectivity index (χ2n) is 12.1. The summed E-state index contributed by atoms with van der Waals surface area (Å²) in [5.74, 6) is -1.66. The number of aromatic amines is 1. The summed E-state index contributed by atoms with van der Waals surface area (Å²) in [6, 6.07) is 10.4. The smallest absolute Gasteiger partial charge is 0.276 e. The number of rotatable bonds is 7. The molecule has 5 unspecified atom stereocenters. The maximum Gasteiger partial charge on any atom is 0.276 e. The summed E-state index contributed by atoms with van der Waals surface area (Å²) in [7, 11) is 0. The summed E-state index contributed by atoms with van der Waals surface area (Å²) in [5, 5.41) is 85.3. The third-order valence-corrected chi connectivity index (χ3v) is 10.5. The molecule has 0 aliphatic carbocycles. The lowest BCUT2D eigenvalue weighted by Gasteiger charge is -2.41. The molecule has 15 nitrogen and oxygen atoms in total. The Morgan fingerprint density at radius 2 is 1.53 bits per heavy atom. The van der Waals surface area contributed by atoms with Crippen molar-refractivity contribution < 1.29 is 55.2 Å². The third kappa shape index (κ3) is 4.51. The number of imide groups is 1. The van der Waals surface area contributed by atoms with Crippen molar-refractivity contribution in [2.24, 2.45) is 0 Å². The molecule has 8 rings (SSSR count). The molecule has 2 amide bonds. The molecule has 3 aromatic carbocycles. The largest absolute Gasteiger partial charge is 0.508 e. The molecule has 2 aliphatic heterocycles. The highest BCUT2D eigenvalue weighted by atomic mass is 32.1. The molecule has 3 aromatic heterocycles. The Morgan fingerprint density at radius 1 is 0.837 bits per heavy atom. The van der Waals surface area contributed by atoms with E-state index in [1.165, 1.54) is 46.2 Å². The first-order valence-electron chi connectivity index (χ1n) is 15.3. The number of carbonyl (C=O) groups excluding carboxylic acids is 2. The maximum atomic E-state index is 14.4. The van der Waals surface area contributed by atoms with Crippen LogP contribution in [0.1, 0.15) is 42.3 Å². The fourth-order valence-electron chi connectivity index (χ4n) is 7.17. The SMILES string of the molecule is O=C1c2c(c3c4ccc(O)cc4n(C4OC(CO)C(O)C(O)C4O)c3c3[nH]c4cc(O)ccc4c23)C(=O)N1NCc1cc(CO)sc1CO. The van der Waals surface area contributed by atoms with E-state index in [9.17, 15) is 50.4 Å². The van der Waals surface area contributed by atoms with E-state index in [1.807, 2.05) is 0 Å². The van der Waals surface area contributed by atoms with Crippen molar-refractivity contribution in [3.63, 3.8) is 0 Å². The number of carbonyl (C=O) groups is 2. The second kappa shape index (κ2) is 11.5. The van der Waals surface area contributed by atoms with Gasteiger partial charge in [-0.05, 0) is 35.9 Å². The molecule has 0 spiro atoms. The van der Waals surface area contributed by atoms with E-state index >= 15 is 0 Å². The maximum absolute atomic E-state index is 14.4. The van der Waals surface area contributed by atoms with Crippen LogP contribution in [0.4, 0.5) is 0 Å². The average Bonchev–Trinajstić information content (AvgIpc) is 3.82. The number of aromatic hydroxyl groups is 2. The third-order valence-electron chi connectivity index (χ3n) is 9.39. The van der Waals surface area contributed by atoms with E-state index in [0.29, 0.717) is 42.5 Å². The van der Waals surface area contributed by atoms with Gasteiger partial charge in [0.1, 0.15) is 35.9 Å². The van der Waals surface area contributed by atoms with E-state index in [-0.39, 0.29) is 58.8 Å². The van der Waals surface area contributed by atoms with Crippen molar-refractivity contribution in [3.05, 3.63) is 68.9 Å². The Kier molecular flexibility index (Phi) is 7.41. The van der Waals surface area contributed by atoms with E-state index in [0.717, 1.165) is 5.01 Å². The highest BCUT2D eigenvalue weighted by Gasteiger charge is 2.47. The van der Waals surface area contributed by atoms with Crippen molar-refractivity contribution in [1.82, 2.24) is 20.0 Å². The van der Waals surface area contributed by atoms with Gasteiger partial charge in [-0.2, -0.15) is 0 Å². The van der Waals surface area contributed by atoms with Gasteiger partial charge in [0.15, 0.2) is 6.23 Å². The number of nitrogens with zero attached hydrogens (tertiary/aromatic N) is 2. The van der Waals surface area contributed by atoms with Crippen LogP contribution in [-0.4, -0.2) is 98.2 Å². The Bertz CT molecular complexity index is 2340. The van der Waals surface area contributed by atoms with Gasteiger partial charge in [0.2, 0.25) is 0 Å². The van der Waals surface area contributed by atoms with Gasteiger partial charge in [0, 0.05) is 50.0 Å². The number of H-pyrrole nitrogens is 1. The molecule has 5 heterocycles. The van der Waals surface area contributed by atoms with Crippen molar-refractivity contribution in [2.45, 2.75) is 50.4 Å². The minimum Gasteiger partial charge on any atom is -0.508 e. The molecule has 2 aliphatic rings. The van der Waals surface area contributed by atoms with Gasteiger partial charge in [0.25, 0.3) is 11.8 Å². The number of amides is 2. The number of hydrogen-bond acceptors (Lipinski definition) is 13. The molecule has 0 bridgehead atoms. The van der Waals surface area contributed by atoms with E-state index < -0.39 is 49.1 Å². The minimum absolute atomic E-state index is 0.00301. The van der Waals surface area contributed by atoms with Crippen LogP contribution in [0.5, 0.6) is 11.5 Å². The van der Waals surface area contributed by atoms with E-state index in [1.54, 1.807) is 12.1 Å². The van der Waals surface area contributed by atoms with Crippen LogP contribution in [0.3, 0.4) is 0 Å². The lowest BCUT2D eigenvalue weighted by atomic mass is 9.96. The zero-order valence-electron chi connectivity index (χ0n) is 25.4. The predicted molar refractivity (Wildman–Crippen MR) is 175 cm³/mol. The molecule has 10 N–H and O–H groups in total. The molecule has 1 saturated heterocycles. The van der Waals surface area contributed by atoms with Gasteiger partial charge in [-0.25, -0.2) is 10.4 Å². The first-order valence-corrected chi connectivity index (χ1v) is 16.1. The van der Waals surface area contributed by atoms with Gasteiger partial charge in [0.05, 0.1) is 53.0 Å². The molecular weight excluding hydrogens is 660 g/mol. The van der Waals surface area contributed by atoms with Crippen molar-refractivity contribution in [1.29, 1.82) is 0 Å². The fraction of sp³-hybridized carbons (Fsp3) is 0.273. The average molecular weight is 691 g/mol. The number of hydrogen-bond donors (Lipinski definition) is 10. The van der Waals surface area contributed by atoms with Crippen LogP contribution >= 0.6 is 11.3 Å². The minimum atomic E-state index is -1.75. The van der Waals surface area contributed by atoms with Gasteiger partial charge < -0.3 is 55.1 Å². The number of fused-ring (bicyclic) bond motifs is 10. The van der Waals surface area contributed by atoms with Gasteiger partial charge in [-0.15, -0.1) is 11.3 Å². The lowest BCUT2D eigenvalue weighted by molar-refractivity contribution is -0.249. The monoisotopic (exact) mass is 690 g/mol. The Morgan fingerprint density at radius 3 is 2.22 bits per heavy atom. The molecule has 0 radical (unpaired) electrons. The quantitative estimate of drug-likeness (QED) is 0.106. The fourth-order valence-corrected chi connectivity index (χ4v) is 8.08. The molecule has 6 aromatic rings. The summed E-state index contributed by atoms with van der Waals surface area (Å²) >= 11 is 1.20. The van der Waals surface area contributed by atoms with Crippen LogP contribution < -0.4 is 5.43 Å². The van der Waals surface area contributed by atoms with Crippen LogP contribution in [0.15, 0.2) is 42.5 Å². The number of thiophene rings is 1. The van der Waals surface area contributed by atoms with Crippen LogP contribution in [-0.2, 0) is 24.5 Å². The standard InChI is InChI=1S/C33H30N4O11S/c38-9-15-5-12(21(11-40)49-15)8-34-37-31(46)24-22-16-3-1-13(41)6-18(16)35-26(22)27-23(25(24)32(37)47)17-4-2-14(42)7-19(17)36(27)33-30(45)29(44)28(43)20(10-39)48-33/h1-7,20,28-30,33-35,38-45H,8-11H2. The normalized spacial score (nSPS) is 22.8. The van der Waals surface area contributed by atoms with E-state index in [4.69, 9.17) is 4.74 Å². The van der Waals surface area contributed by atoms with Crippen molar-refractivity contribution >= 4 is 66.8 Å². The summed E-state index contributed by atoms with van der Waals surface area (Å²) in [6.45, 7) is -1.29. The first kappa shape index (κ1) is 31.6. The Balaban J connectivity index is 1.42. The lowest BCUT2D eigenvalue weighted by Crippen LogP contribution is -2.56. The number of aromatic nitrogens is 2. The van der Waals surface area contributed by atoms with Crippen molar-refractivity contribution in [3.8, 4) is 11.5 Å². The molecule has 1 fully saturated rings. The first-order chi connectivity index (χ1) is 23.6. The summed E-state index contributed by atoms with van der Waals surface area (Å²) in [5.41, 5.74) is 4.71. The summed E-state index contributed by atoms with van der Waals surface area (Å²) in [6.07, 6.45) is -7.90. The van der Waals surface area contributed by atoms with Crippen LogP contribution in [0.2, 0.25) is 0 Å².